The molecule has 0 saturated heterocycles. The smallest absolute Gasteiger partial charge is 0.179 e. The van der Waals surface area contributed by atoms with Gasteiger partial charge in [0.2, 0.25) is 0 Å². The average Bonchev–Trinajstić information content (AvgIpc) is 3.65. The van der Waals surface area contributed by atoms with Crippen molar-refractivity contribution in [3.8, 4) is 28.5 Å². The number of benzene rings is 1. The van der Waals surface area contributed by atoms with E-state index in [1.54, 1.807) is 7.11 Å². The molecule has 0 N–H and O–H groups in total. The zero-order chi connectivity index (χ0) is 20.8. The van der Waals surface area contributed by atoms with Crippen LogP contribution < -0.4 is 15.3 Å². The average molecular weight is 388 g/mol. The third-order valence-corrected chi connectivity index (χ3v) is 4.88. The Labute approximate surface area is 173 Å². The number of hydrogen-bond acceptors (Lipinski definition) is 4. The van der Waals surface area contributed by atoms with Crippen molar-refractivity contribution in [2.45, 2.75) is 46.5 Å². The molecule has 150 valence electrons. The molecule has 0 amide bonds. The molecular weight excluding hydrogens is 358 g/mol. The first kappa shape index (κ1) is 20.7. The molecular formula is C25H29N3O. The fourth-order valence-corrected chi connectivity index (χ4v) is 3.28. The van der Waals surface area contributed by atoms with Gasteiger partial charge in [-0.1, -0.05) is 44.2 Å². The molecule has 1 aliphatic rings. The highest BCUT2D eigenvalue weighted by atomic mass is 16.5. The van der Waals surface area contributed by atoms with Crippen LogP contribution in [-0.2, 0) is 0 Å². The van der Waals surface area contributed by atoms with Crippen molar-refractivity contribution in [1.82, 2.24) is 15.0 Å². The molecule has 29 heavy (non-hydrogen) atoms. The van der Waals surface area contributed by atoms with Crippen molar-refractivity contribution >= 4 is 12.2 Å². The Hall–Kier alpha value is -3.01. The first-order chi connectivity index (χ1) is 14.2. The molecule has 1 aliphatic carbocycles. The van der Waals surface area contributed by atoms with Crippen molar-refractivity contribution in [1.29, 1.82) is 0 Å². The van der Waals surface area contributed by atoms with E-state index in [1.807, 2.05) is 58.0 Å². The molecule has 4 rings (SSSR count). The highest BCUT2D eigenvalue weighted by Gasteiger charge is 2.25. The molecule has 2 aromatic heterocycles. The van der Waals surface area contributed by atoms with Gasteiger partial charge < -0.3 is 4.74 Å². The van der Waals surface area contributed by atoms with Crippen molar-refractivity contribution in [3.05, 3.63) is 58.7 Å². The van der Waals surface area contributed by atoms with Gasteiger partial charge in [-0.25, -0.2) is 15.0 Å². The molecule has 1 aromatic carbocycles. The lowest BCUT2D eigenvalue weighted by molar-refractivity contribution is 0.415. The quantitative estimate of drug-likeness (QED) is 0.650. The Morgan fingerprint density at radius 3 is 2.34 bits per heavy atom. The minimum absolute atomic E-state index is 0.600. The number of ether oxygens (including phenoxy) is 1. The standard InChI is InChI=1S/C23H23N3O.C2H6/c1-4-18-19(5-2)25-23(21-11-7-10-20(24-21)15-12-13-15)26-22(18)16-8-6-9-17(14-16)27-3;1-2/h4-11,14-15H,12-13H2,1-3H3;1-2H3/b18-4+,19-5+;. The second-order valence-electron chi connectivity index (χ2n) is 6.73. The first-order valence-electron chi connectivity index (χ1n) is 10.4. The molecule has 0 unspecified atom stereocenters. The number of pyridine rings is 1. The fraction of sp³-hybridized carbons (Fsp3) is 0.320. The summed E-state index contributed by atoms with van der Waals surface area (Å²) in [7, 11) is 1.68. The molecule has 2 heterocycles. The Morgan fingerprint density at radius 1 is 0.931 bits per heavy atom. The minimum atomic E-state index is 0.600. The van der Waals surface area contributed by atoms with Crippen LogP contribution in [0.25, 0.3) is 34.9 Å². The largest absolute Gasteiger partial charge is 0.497 e. The van der Waals surface area contributed by atoms with Gasteiger partial charge in [0.25, 0.3) is 0 Å². The number of nitrogens with zero attached hydrogens (tertiary/aromatic N) is 3. The third-order valence-electron chi connectivity index (χ3n) is 4.88. The third kappa shape index (κ3) is 4.53. The molecule has 4 nitrogen and oxygen atoms in total. The van der Waals surface area contributed by atoms with Gasteiger partial charge in [-0.15, -0.1) is 0 Å². The van der Waals surface area contributed by atoms with E-state index in [2.05, 4.69) is 24.3 Å². The summed E-state index contributed by atoms with van der Waals surface area (Å²) in [5, 5.41) is 1.94. The van der Waals surface area contributed by atoms with Gasteiger partial charge in [0, 0.05) is 22.4 Å². The maximum Gasteiger partial charge on any atom is 0.179 e. The Bertz CT molecular complexity index is 1100. The van der Waals surface area contributed by atoms with Crippen LogP contribution in [-0.4, -0.2) is 22.1 Å². The van der Waals surface area contributed by atoms with Crippen LogP contribution in [0.4, 0.5) is 0 Å². The predicted molar refractivity (Wildman–Crippen MR) is 120 cm³/mol. The minimum Gasteiger partial charge on any atom is -0.497 e. The number of methoxy groups -OCH3 is 1. The van der Waals surface area contributed by atoms with Crippen LogP contribution in [0, 0.1) is 0 Å². The van der Waals surface area contributed by atoms with Gasteiger partial charge in [0.05, 0.1) is 18.2 Å². The SMILES string of the molecule is C/C=c1/c(-c2cccc(OC)c2)nc(-c2cccc(C3CC3)n2)n/c1=C/C.CC. The van der Waals surface area contributed by atoms with Crippen LogP contribution in [0.3, 0.4) is 0 Å². The summed E-state index contributed by atoms with van der Waals surface area (Å²) >= 11 is 0. The van der Waals surface area contributed by atoms with Crippen LogP contribution >= 0.6 is 0 Å². The molecule has 1 saturated carbocycles. The van der Waals surface area contributed by atoms with Gasteiger partial charge >= 0.3 is 0 Å². The first-order valence-corrected chi connectivity index (χ1v) is 10.4. The highest BCUT2D eigenvalue weighted by molar-refractivity contribution is 5.65. The summed E-state index contributed by atoms with van der Waals surface area (Å²) in [6.45, 7) is 8.02. The summed E-state index contributed by atoms with van der Waals surface area (Å²) in [6, 6.07) is 14.1. The van der Waals surface area contributed by atoms with Gasteiger partial charge in [-0.3, -0.25) is 0 Å². The van der Waals surface area contributed by atoms with Crippen molar-refractivity contribution < 1.29 is 4.74 Å². The molecule has 0 radical (unpaired) electrons. The fourth-order valence-electron chi connectivity index (χ4n) is 3.28. The van der Waals surface area contributed by atoms with Crippen LogP contribution in [0.2, 0.25) is 0 Å². The van der Waals surface area contributed by atoms with E-state index in [-0.39, 0.29) is 0 Å². The maximum absolute atomic E-state index is 5.40. The van der Waals surface area contributed by atoms with E-state index in [0.29, 0.717) is 11.7 Å². The molecule has 0 spiro atoms. The lowest BCUT2D eigenvalue weighted by Gasteiger charge is -2.09. The maximum atomic E-state index is 5.40. The predicted octanol–water partition coefficient (Wildman–Crippen LogP) is 4.72. The van der Waals surface area contributed by atoms with Gasteiger partial charge in [0.15, 0.2) is 5.82 Å². The monoisotopic (exact) mass is 387 g/mol. The van der Waals surface area contributed by atoms with Gasteiger partial charge in [-0.05, 0) is 51.0 Å². The van der Waals surface area contributed by atoms with Gasteiger partial charge in [0.1, 0.15) is 11.4 Å². The van der Waals surface area contributed by atoms with Crippen LogP contribution in [0.5, 0.6) is 5.75 Å². The lowest BCUT2D eigenvalue weighted by Crippen LogP contribution is -2.31. The highest BCUT2D eigenvalue weighted by Crippen LogP contribution is 2.39. The molecule has 0 atom stereocenters. The Kier molecular flexibility index (Phi) is 6.76. The molecule has 1 fully saturated rings. The van der Waals surface area contributed by atoms with E-state index >= 15 is 0 Å². The molecule has 0 bridgehead atoms. The normalized spacial score (nSPS) is 14.4. The molecule has 0 aliphatic heterocycles. The van der Waals surface area contributed by atoms with Crippen molar-refractivity contribution in [2.75, 3.05) is 7.11 Å². The second-order valence-corrected chi connectivity index (χ2v) is 6.73. The van der Waals surface area contributed by atoms with E-state index in [4.69, 9.17) is 19.7 Å². The number of rotatable bonds is 4. The zero-order valence-electron chi connectivity index (χ0n) is 17.9. The summed E-state index contributed by atoms with van der Waals surface area (Å²) < 4.78 is 5.40. The van der Waals surface area contributed by atoms with E-state index in [1.165, 1.54) is 12.8 Å². The number of hydrogen-bond donors (Lipinski definition) is 0. The van der Waals surface area contributed by atoms with E-state index in [0.717, 1.165) is 39.0 Å². The number of aromatic nitrogens is 3. The summed E-state index contributed by atoms with van der Waals surface area (Å²) in [5.74, 6) is 2.07. The van der Waals surface area contributed by atoms with Crippen LogP contribution in [0.15, 0.2) is 42.5 Å². The summed E-state index contributed by atoms with van der Waals surface area (Å²) in [5.41, 5.74) is 3.88. The van der Waals surface area contributed by atoms with Crippen LogP contribution in [0.1, 0.15) is 52.1 Å². The van der Waals surface area contributed by atoms with E-state index in [9.17, 15) is 0 Å². The second kappa shape index (κ2) is 9.46. The van der Waals surface area contributed by atoms with E-state index < -0.39 is 0 Å². The Morgan fingerprint density at radius 2 is 1.69 bits per heavy atom. The summed E-state index contributed by atoms with van der Waals surface area (Å²) in [4.78, 5) is 14.5. The van der Waals surface area contributed by atoms with Crippen molar-refractivity contribution in [2.24, 2.45) is 0 Å². The van der Waals surface area contributed by atoms with Crippen molar-refractivity contribution in [3.63, 3.8) is 0 Å². The molecule has 4 heteroatoms. The topological polar surface area (TPSA) is 47.9 Å². The summed E-state index contributed by atoms with van der Waals surface area (Å²) in [6.07, 6.45) is 6.53. The lowest BCUT2D eigenvalue weighted by atomic mass is 10.1. The van der Waals surface area contributed by atoms with Gasteiger partial charge in [-0.2, -0.15) is 0 Å². The molecule has 3 aromatic rings. The Balaban J connectivity index is 0.00000117. The zero-order valence-corrected chi connectivity index (χ0v) is 17.9.